The van der Waals surface area contributed by atoms with Crippen molar-refractivity contribution in [2.75, 3.05) is 0 Å². The molecular formula is C10H14ClN5. The number of aromatic nitrogens is 5. The van der Waals surface area contributed by atoms with Gasteiger partial charge < -0.3 is 4.57 Å². The van der Waals surface area contributed by atoms with Crippen LogP contribution in [0.25, 0.3) is 0 Å². The molecule has 0 aliphatic heterocycles. The van der Waals surface area contributed by atoms with Crippen molar-refractivity contribution in [2.24, 2.45) is 0 Å². The maximum absolute atomic E-state index is 5.83. The Balaban J connectivity index is 2.46. The molecule has 0 radical (unpaired) electrons. The highest BCUT2D eigenvalue weighted by Crippen LogP contribution is 2.23. The Hall–Kier alpha value is -1.36. The van der Waals surface area contributed by atoms with E-state index in [1.54, 1.807) is 17.1 Å². The van der Waals surface area contributed by atoms with Crippen LogP contribution in [-0.4, -0.2) is 24.5 Å². The predicted octanol–water partition coefficient (Wildman–Crippen LogP) is 1.93. The van der Waals surface area contributed by atoms with Crippen LogP contribution in [0.15, 0.2) is 18.6 Å². The summed E-state index contributed by atoms with van der Waals surface area (Å²) in [5.41, 5.74) is -0.361. The van der Waals surface area contributed by atoms with Crippen LogP contribution in [-0.2, 0) is 12.1 Å². The van der Waals surface area contributed by atoms with Crippen LogP contribution in [0.4, 0.5) is 0 Å². The fourth-order valence-electron chi connectivity index (χ4n) is 1.68. The molecule has 2 aromatic rings. The molecule has 0 aromatic carbocycles. The molecule has 6 heteroatoms. The van der Waals surface area contributed by atoms with E-state index in [0.29, 0.717) is 5.15 Å². The van der Waals surface area contributed by atoms with Gasteiger partial charge in [-0.05, 0) is 26.8 Å². The van der Waals surface area contributed by atoms with Gasteiger partial charge >= 0.3 is 0 Å². The SMILES string of the molecule is CCn1cnnc1C(C)(C)n1ccc(Cl)n1. The largest absolute Gasteiger partial charge is 0.316 e. The van der Waals surface area contributed by atoms with Crippen LogP contribution in [0.2, 0.25) is 5.15 Å². The zero-order valence-electron chi connectivity index (χ0n) is 9.55. The van der Waals surface area contributed by atoms with Crippen molar-refractivity contribution in [1.29, 1.82) is 0 Å². The van der Waals surface area contributed by atoms with Gasteiger partial charge in [-0.3, -0.25) is 4.68 Å². The summed E-state index contributed by atoms with van der Waals surface area (Å²) in [4.78, 5) is 0. The molecule has 0 saturated carbocycles. The van der Waals surface area contributed by atoms with Gasteiger partial charge in [0, 0.05) is 12.7 Å². The summed E-state index contributed by atoms with van der Waals surface area (Å²) in [6.07, 6.45) is 3.57. The fourth-order valence-corrected chi connectivity index (χ4v) is 1.81. The Labute approximate surface area is 99.1 Å². The quantitative estimate of drug-likeness (QED) is 0.822. The third-order valence-corrected chi connectivity index (χ3v) is 2.83. The molecule has 2 heterocycles. The van der Waals surface area contributed by atoms with E-state index in [4.69, 9.17) is 11.6 Å². The Morgan fingerprint density at radius 1 is 1.44 bits per heavy atom. The van der Waals surface area contributed by atoms with E-state index in [0.717, 1.165) is 12.4 Å². The summed E-state index contributed by atoms with van der Waals surface area (Å²) in [5, 5.41) is 12.8. The van der Waals surface area contributed by atoms with Gasteiger partial charge in [0.05, 0.1) is 0 Å². The minimum atomic E-state index is -0.361. The molecule has 86 valence electrons. The maximum atomic E-state index is 5.83. The summed E-state index contributed by atoms with van der Waals surface area (Å²) in [6, 6.07) is 1.76. The van der Waals surface area contributed by atoms with Gasteiger partial charge in [0.25, 0.3) is 0 Å². The van der Waals surface area contributed by atoms with Gasteiger partial charge in [-0.2, -0.15) is 5.10 Å². The molecule has 0 aliphatic rings. The number of halogens is 1. The van der Waals surface area contributed by atoms with Crippen LogP contribution in [0, 0.1) is 0 Å². The lowest BCUT2D eigenvalue weighted by molar-refractivity contribution is 0.353. The van der Waals surface area contributed by atoms with E-state index in [2.05, 4.69) is 22.2 Å². The summed E-state index contributed by atoms with van der Waals surface area (Å²) < 4.78 is 3.79. The third kappa shape index (κ3) is 1.71. The highest BCUT2D eigenvalue weighted by molar-refractivity contribution is 6.29. The van der Waals surface area contributed by atoms with Crippen LogP contribution in [0.1, 0.15) is 26.6 Å². The van der Waals surface area contributed by atoms with Crippen molar-refractivity contribution in [1.82, 2.24) is 24.5 Å². The molecule has 2 rings (SSSR count). The van der Waals surface area contributed by atoms with Gasteiger partial charge in [0.1, 0.15) is 11.9 Å². The van der Waals surface area contributed by atoms with Crippen LogP contribution in [0.5, 0.6) is 0 Å². The second-order valence-electron chi connectivity index (χ2n) is 4.08. The second kappa shape index (κ2) is 3.90. The molecule has 0 N–H and O–H groups in total. The highest BCUT2D eigenvalue weighted by Gasteiger charge is 2.29. The van der Waals surface area contributed by atoms with E-state index < -0.39 is 0 Å². The predicted molar refractivity (Wildman–Crippen MR) is 61.4 cm³/mol. The van der Waals surface area contributed by atoms with Gasteiger partial charge in [0.15, 0.2) is 11.0 Å². The summed E-state index contributed by atoms with van der Waals surface area (Å²) >= 11 is 5.83. The molecule has 5 nitrogen and oxygen atoms in total. The monoisotopic (exact) mass is 239 g/mol. The molecular weight excluding hydrogens is 226 g/mol. The summed E-state index contributed by atoms with van der Waals surface area (Å²) in [7, 11) is 0. The van der Waals surface area contributed by atoms with Crippen LogP contribution in [0.3, 0.4) is 0 Å². The Morgan fingerprint density at radius 2 is 2.19 bits per heavy atom. The van der Waals surface area contributed by atoms with Crippen molar-refractivity contribution >= 4 is 11.6 Å². The number of aryl methyl sites for hydroxylation is 1. The van der Waals surface area contributed by atoms with Crippen molar-refractivity contribution in [3.63, 3.8) is 0 Å². The lowest BCUT2D eigenvalue weighted by Crippen LogP contribution is -2.32. The molecule has 0 fully saturated rings. The Bertz CT molecular complexity index is 485. The topological polar surface area (TPSA) is 48.5 Å². The van der Waals surface area contributed by atoms with Crippen molar-refractivity contribution < 1.29 is 0 Å². The van der Waals surface area contributed by atoms with Crippen LogP contribution >= 0.6 is 11.6 Å². The molecule has 0 unspecified atom stereocenters. The first-order valence-electron chi connectivity index (χ1n) is 5.15. The Kier molecular flexibility index (Phi) is 2.71. The first kappa shape index (κ1) is 11.1. The Morgan fingerprint density at radius 3 is 2.75 bits per heavy atom. The minimum Gasteiger partial charge on any atom is -0.316 e. The lowest BCUT2D eigenvalue weighted by Gasteiger charge is -2.24. The van der Waals surface area contributed by atoms with Crippen LogP contribution < -0.4 is 0 Å². The van der Waals surface area contributed by atoms with Gasteiger partial charge in [0.2, 0.25) is 0 Å². The summed E-state index contributed by atoms with van der Waals surface area (Å²) in [5.74, 6) is 0.870. The normalized spacial score (nSPS) is 12.0. The van der Waals surface area contributed by atoms with Gasteiger partial charge in [-0.15, -0.1) is 10.2 Å². The fraction of sp³-hybridized carbons (Fsp3) is 0.500. The van der Waals surface area contributed by atoms with Crippen molar-refractivity contribution in [3.8, 4) is 0 Å². The van der Waals surface area contributed by atoms with Crippen molar-refractivity contribution in [3.05, 3.63) is 29.6 Å². The van der Waals surface area contributed by atoms with E-state index >= 15 is 0 Å². The van der Waals surface area contributed by atoms with E-state index in [1.807, 2.05) is 24.6 Å². The minimum absolute atomic E-state index is 0.361. The molecule has 16 heavy (non-hydrogen) atoms. The van der Waals surface area contributed by atoms with E-state index in [9.17, 15) is 0 Å². The smallest absolute Gasteiger partial charge is 0.160 e. The number of nitrogens with zero attached hydrogens (tertiary/aromatic N) is 5. The van der Waals surface area contributed by atoms with Gasteiger partial charge in [-0.1, -0.05) is 11.6 Å². The van der Waals surface area contributed by atoms with E-state index in [1.165, 1.54) is 0 Å². The second-order valence-corrected chi connectivity index (χ2v) is 4.47. The molecule has 2 aromatic heterocycles. The average molecular weight is 240 g/mol. The first-order valence-corrected chi connectivity index (χ1v) is 5.53. The van der Waals surface area contributed by atoms with Gasteiger partial charge in [-0.25, -0.2) is 0 Å². The number of hydrogen-bond acceptors (Lipinski definition) is 3. The highest BCUT2D eigenvalue weighted by atomic mass is 35.5. The zero-order chi connectivity index (χ0) is 11.8. The number of rotatable bonds is 3. The van der Waals surface area contributed by atoms with E-state index in [-0.39, 0.29) is 5.54 Å². The molecule has 0 bridgehead atoms. The molecule has 0 saturated heterocycles. The molecule has 0 amide bonds. The standard InChI is InChI=1S/C10H14ClN5/c1-4-15-7-12-13-9(15)10(2,3)16-6-5-8(11)14-16/h5-7H,4H2,1-3H3. The van der Waals surface area contributed by atoms with Crippen molar-refractivity contribution in [2.45, 2.75) is 32.9 Å². The number of hydrogen-bond donors (Lipinski definition) is 0. The summed E-state index contributed by atoms with van der Waals surface area (Å²) in [6.45, 7) is 6.96. The zero-order valence-corrected chi connectivity index (χ0v) is 10.3. The third-order valence-electron chi connectivity index (χ3n) is 2.63. The lowest BCUT2D eigenvalue weighted by atomic mass is 10.1. The first-order chi connectivity index (χ1) is 7.55. The molecule has 0 aliphatic carbocycles. The molecule has 0 atom stereocenters. The maximum Gasteiger partial charge on any atom is 0.160 e. The average Bonchev–Trinajstić information content (AvgIpc) is 2.85. The molecule has 0 spiro atoms.